The van der Waals surface area contributed by atoms with Crippen LogP contribution in [0.4, 0.5) is 16.3 Å². The Morgan fingerprint density at radius 3 is 2.33 bits per heavy atom. The molecule has 46 heavy (non-hydrogen) atoms. The fourth-order valence-corrected chi connectivity index (χ4v) is 5.24. The fourth-order valence-electron chi connectivity index (χ4n) is 5.24. The molecule has 12 nitrogen and oxygen atoms in total. The van der Waals surface area contributed by atoms with Crippen LogP contribution in [0.5, 0.6) is 5.88 Å². The van der Waals surface area contributed by atoms with Crippen LogP contribution in [0.1, 0.15) is 101 Å². The molecule has 3 heterocycles. The topological polar surface area (TPSA) is 150 Å². The number of esters is 1. The van der Waals surface area contributed by atoms with E-state index in [-0.39, 0.29) is 41.9 Å². The summed E-state index contributed by atoms with van der Waals surface area (Å²) in [5, 5.41) is 7.40. The SMILES string of the molecule is C=CC(=O)Nc1cccc(Cc2c(C(=O)OC(C)(C)C)c(OC3CCN(C(=O)OC(C)(C)C)CC3)nc3c(C(C)C)c(N)nn23)c1. The molecule has 1 aromatic carbocycles. The van der Waals surface area contributed by atoms with E-state index in [0.29, 0.717) is 48.8 Å². The zero-order chi connectivity index (χ0) is 34.0. The van der Waals surface area contributed by atoms with Gasteiger partial charge in [-0.2, -0.15) is 4.98 Å². The second kappa shape index (κ2) is 13.4. The van der Waals surface area contributed by atoms with Crippen LogP contribution in [0.15, 0.2) is 36.9 Å². The van der Waals surface area contributed by atoms with Crippen LogP contribution < -0.4 is 15.8 Å². The smallest absolute Gasteiger partial charge is 0.410 e. The van der Waals surface area contributed by atoms with Crippen LogP contribution >= 0.6 is 0 Å². The van der Waals surface area contributed by atoms with Crippen LogP contribution in [0.3, 0.4) is 0 Å². The van der Waals surface area contributed by atoms with Gasteiger partial charge in [0.1, 0.15) is 22.9 Å². The summed E-state index contributed by atoms with van der Waals surface area (Å²) < 4.78 is 19.6. The van der Waals surface area contributed by atoms with Crippen molar-refractivity contribution in [2.75, 3.05) is 24.1 Å². The minimum atomic E-state index is -0.805. The molecule has 4 rings (SSSR count). The number of nitrogen functional groups attached to an aromatic ring is 1. The summed E-state index contributed by atoms with van der Waals surface area (Å²) in [6.07, 6.45) is 1.74. The molecule has 0 unspecified atom stereocenters. The quantitative estimate of drug-likeness (QED) is 0.229. The average molecular weight is 635 g/mol. The number of nitrogens with zero attached hydrogens (tertiary/aromatic N) is 4. The summed E-state index contributed by atoms with van der Waals surface area (Å²) in [5.41, 5.74) is 8.20. The fraction of sp³-hybridized carbons (Fsp3) is 0.500. The van der Waals surface area contributed by atoms with E-state index in [1.165, 1.54) is 6.08 Å². The number of rotatable bonds is 8. The average Bonchev–Trinajstić information content (AvgIpc) is 3.27. The van der Waals surface area contributed by atoms with Crippen molar-refractivity contribution in [3.05, 3.63) is 59.3 Å². The standard InChI is InChI=1S/C34H46N6O6/c1-10-25(41)36-22-13-11-12-21(18-22)19-24-27(31(42)45-33(4,5)6)30(37-29-26(20(2)3)28(35)38-40(24)29)44-23-14-16-39(17-15-23)32(43)46-34(7,8)9/h10-13,18,20,23H,1,14-17,19H2,2-9H3,(H2,35,38)(H,36,41). The van der Waals surface area contributed by atoms with E-state index in [9.17, 15) is 14.4 Å². The number of hydrogen-bond donors (Lipinski definition) is 2. The van der Waals surface area contributed by atoms with Gasteiger partial charge >= 0.3 is 12.1 Å². The second-order valence-corrected chi connectivity index (χ2v) is 13.8. The van der Waals surface area contributed by atoms with E-state index < -0.39 is 17.2 Å². The minimum absolute atomic E-state index is 0.0208. The predicted octanol–water partition coefficient (Wildman–Crippen LogP) is 5.88. The molecule has 1 aliphatic rings. The zero-order valence-corrected chi connectivity index (χ0v) is 28.1. The van der Waals surface area contributed by atoms with Crippen molar-refractivity contribution < 1.29 is 28.6 Å². The van der Waals surface area contributed by atoms with Crippen molar-refractivity contribution in [1.82, 2.24) is 19.5 Å². The number of likely N-dealkylation sites (tertiary alicyclic amines) is 1. The lowest BCUT2D eigenvalue weighted by molar-refractivity contribution is -0.111. The first-order valence-electron chi connectivity index (χ1n) is 15.6. The van der Waals surface area contributed by atoms with Gasteiger partial charge in [-0.05, 0) is 71.2 Å². The Bertz CT molecular complexity index is 1620. The van der Waals surface area contributed by atoms with Gasteiger partial charge in [-0.25, -0.2) is 14.1 Å². The molecule has 248 valence electrons. The maximum absolute atomic E-state index is 14.0. The number of nitrogens with one attached hydrogen (secondary N) is 1. The third-order valence-corrected chi connectivity index (χ3v) is 7.19. The number of anilines is 2. The first kappa shape index (κ1) is 34.3. The van der Waals surface area contributed by atoms with Crippen LogP contribution in [0.25, 0.3) is 5.65 Å². The molecule has 0 atom stereocenters. The second-order valence-electron chi connectivity index (χ2n) is 13.8. The summed E-state index contributed by atoms with van der Waals surface area (Å²) in [7, 11) is 0. The first-order valence-corrected chi connectivity index (χ1v) is 15.6. The third-order valence-electron chi connectivity index (χ3n) is 7.19. The lowest BCUT2D eigenvalue weighted by atomic mass is 10.0. The maximum atomic E-state index is 14.0. The summed E-state index contributed by atoms with van der Waals surface area (Å²) in [4.78, 5) is 45.1. The molecule has 2 aromatic heterocycles. The van der Waals surface area contributed by atoms with Gasteiger partial charge in [0.05, 0.1) is 5.69 Å². The molecule has 0 aliphatic carbocycles. The molecule has 2 amide bonds. The number of carbonyl (C=O) groups excluding carboxylic acids is 3. The number of aromatic nitrogens is 3. The van der Waals surface area contributed by atoms with Crippen molar-refractivity contribution in [3.63, 3.8) is 0 Å². The minimum Gasteiger partial charge on any atom is -0.474 e. The number of benzene rings is 1. The number of carbonyl (C=O) groups is 3. The Morgan fingerprint density at radius 2 is 1.74 bits per heavy atom. The van der Waals surface area contributed by atoms with Gasteiger partial charge < -0.3 is 30.2 Å². The van der Waals surface area contributed by atoms with Gasteiger partial charge in [-0.15, -0.1) is 5.10 Å². The molecule has 3 aromatic rings. The normalized spacial score (nSPS) is 14.3. The predicted molar refractivity (Wildman–Crippen MR) is 176 cm³/mol. The molecule has 0 spiro atoms. The first-order chi connectivity index (χ1) is 21.5. The summed E-state index contributed by atoms with van der Waals surface area (Å²) in [6.45, 7) is 19.2. The monoisotopic (exact) mass is 634 g/mol. The largest absolute Gasteiger partial charge is 0.474 e. The van der Waals surface area contributed by atoms with Crippen molar-refractivity contribution in [1.29, 1.82) is 0 Å². The summed E-state index contributed by atoms with van der Waals surface area (Å²) in [6, 6.07) is 7.28. The van der Waals surface area contributed by atoms with E-state index in [2.05, 4.69) is 17.0 Å². The molecular weight excluding hydrogens is 588 g/mol. The molecule has 0 bridgehead atoms. The number of piperidine rings is 1. The molecule has 1 fully saturated rings. The van der Waals surface area contributed by atoms with Crippen LogP contribution in [0, 0.1) is 0 Å². The van der Waals surface area contributed by atoms with Gasteiger partial charge in [-0.3, -0.25) is 4.79 Å². The van der Waals surface area contributed by atoms with Crippen LogP contribution in [-0.4, -0.2) is 67.9 Å². The van der Waals surface area contributed by atoms with E-state index in [1.807, 2.05) is 52.8 Å². The van der Waals surface area contributed by atoms with Crippen molar-refractivity contribution in [2.45, 2.75) is 97.9 Å². The van der Waals surface area contributed by atoms with E-state index in [1.54, 1.807) is 36.3 Å². The van der Waals surface area contributed by atoms with Crippen LogP contribution in [-0.2, 0) is 20.7 Å². The zero-order valence-electron chi connectivity index (χ0n) is 28.1. The number of nitrogens with two attached hydrogens (primary N) is 1. The van der Waals surface area contributed by atoms with Crippen molar-refractivity contribution in [2.24, 2.45) is 0 Å². The summed E-state index contributed by atoms with van der Waals surface area (Å²) in [5.74, 6) is -0.561. The Labute approximate surface area is 270 Å². The van der Waals surface area contributed by atoms with Gasteiger partial charge in [-0.1, -0.05) is 32.6 Å². The van der Waals surface area contributed by atoms with Crippen molar-refractivity contribution in [3.8, 4) is 5.88 Å². The Hall–Kier alpha value is -4.61. The lowest BCUT2D eigenvalue weighted by Crippen LogP contribution is -2.44. The summed E-state index contributed by atoms with van der Waals surface area (Å²) >= 11 is 0. The molecule has 3 N–H and O–H groups in total. The number of fused-ring (bicyclic) bond motifs is 1. The highest BCUT2D eigenvalue weighted by Crippen LogP contribution is 2.34. The van der Waals surface area contributed by atoms with Crippen LogP contribution in [0.2, 0.25) is 0 Å². The van der Waals surface area contributed by atoms with E-state index in [4.69, 9.17) is 24.9 Å². The van der Waals surface area contributed by atoms with Crippen molar-refractivity contribution >= 4 is 35.1 Å². The highest BCUT2D eigenvalue weighted by Gasteiger charge is 2.33. The molecular formula is C34H46N6O6. The molecule has 1 saturated heterocycles. The maximum Gasteiger partial charge on any atom is 0.410 e. The molecule has 0 saturated carbocycles. The Morgan fingerprint density at radius 1 is 1.09 bits per heavy atom. The van der Waals surface area contributed by atoms with Gasteiger partial charge in [0.25, 0.3) is 0 Å². The van der Waals surface area contributed by atoms with Gasteiger partial charge in [0.15, 0.2) is 11.5 Å². The highest BCUT2D eigenvalue weighted by molar-refractivity contribution is 5.99. The van der Waals surface area contributed by atoms with Gasteiger partial charge in [0, 0.05) is 43.6 Å². The highest BCUT2D eigenvalue weighted by atomic mass is 16.6. The third kappa shape index (κ3) is 8.35. The van der Waals surface area contributed by atoms with Gasteiger partial charge in [0.2, 0.25) is 11.8 Å². The lowest BCUT2D eigenvalue weighted by Gasteiger charge is -2.33. The number of amides is 2. The molecule has 1 aliphatic heterocycles. The molecule has 12 heteroatoms. The molecule has 0 radical (unpaired) electrons. The van der Waals surface area contributed by atoms with E-state index >= 15 is 0 Å². The van der Waals surface area contributed by atoms with E-state index in [0.717, 1.165) is 11.1 Å². The Balaban J connectivity index is 1.80. The Kier molecular flexibility index (Phi) is 9.98. The number of ether oxygens (including phenoxy) is 3. The number of hydrogen-bond acceptors (Lipinski definition) is 9.